The molecule has 0 aromatic heterocycles. The Balaban J connectivity index is 1.91. The number of halogens is 2. The van der Waals surface area contributed by atoms with Gasteiger partial charge in [-0.25, -0.2) is 0 Å². The summed E-state index contributed by atoms with van der Waals surface area (Å²) in [4.78, 5) is 5.13. The first kappa shape index (κ1) is 13.5. The normalized spacial score (nSPS) is 27.6. The molecule has 2 unspecified atom stereocenters. The number of alkyl halides is 1. The van der Waals surface area contributed by atoms with E-state index < -0.39 is 0 Å². The van der Waals surface area contributed by atoms with E-state index in [0.717, 1.165) is 23.7 Å². The minimum Gasteiger partial charge on any atom is -0.366 e. The van der Waals surface area contributed by atoms with Crippen molar-refractivity contribution in [2.24, 2.45) is 0 Å². The van der Waals surface area contributed by atoms with Crippen molar-refractivity contribution in [1.82, 2.24) is 4.90 Å². The summed E-state index contributed by atoms with van der Waals surface area (Å²) in [7, 11) is 0. The molecule has 0 amide bonds. The van der Waals surface area contributed by atoms with Crippen molar-refractivity contribution in [3.05, 3.63) is 28.8 Å². The first-order valence-electron chi connectivity index (χ1n) is 7.04. The molecule has 2 nitrogen and oxygen atoms in total. The second-order valence-corrected chi connectivity index (χ2v) is 6.34. The van der Waals surface area contributed by atoms with Crippen LogP contribution in [0.2, 0.25) is 5.02 Å². The number of anilines is 1. The third-order valence-electron chi connectivity index (χ3n) is 4.47. The Morgan fingerprint density at radius 3 is 2.95 bits per heavy atom. The minimum atomic E-state index is 0.479. The number of hydrogen-bond acceptors (Lipinski definition) is 2. The van der Waals surface area contributed by atoms with E-state index in [2.05, 4.69) is 22.8 Å². The number of nitrogens with zero attached hydrogens (tertiary/aromatic N) is 2. The van der Waals surface area contributed by atoms with Gasteiger partial charge in [0.1, 0.15) is 0 Å². The number of piperazine rings is 1. The molecule has 4 heteroatoms. The van der Waals surface area contributed by atoms with Gasteiger partial charge in [0.25, 0.3) is 0 Å². The number of hydrogen-bond donors (Lipinski definition) is 0. The second kappa shape index (κ2) is 5.51. The molecule has 0 aliphatic carbocycles. The van der Waals surface area contributed by atoms with Crippen molar-refractivity contribution in [3.8, 4) is 0 Å². The van der Waals surface area contributed by atoms with E-state index in [4.69, 9.17) is 23.2 Å². The molecule has 1 aromatic carbocycles. The van der Waals surface area contributed by atoms with Crippen molar-refractivity contribution in [3.63, 3.8) is 0 Å². The lowest BCUT2D eigenvalue weighted by Crippen LogP contribution is -2.55. The molecular formula is C15H20Cl2N2. The number of fused-ring (bicyclic) bond motifs is 1. The highest BCUT2D eigenvalue weighted by Crippen LogP contribution is 2.34. The fourth-order valence-electron chi connectivity index (χ4n) is 3.47. The third-order valence-corrected chi connectivity index (χ3v) is 5.10. The molecule has 19 heavy (non-hydrogen) atoms. The van der Waals surface area contributed by atoms with Crippen LogP contribution in [-0.2, 0) is 5.88 Å². The Morgan fingerprint density at radius 1 is 1.32 bits per heavy atom. The molecule has 2 aliphatic rings. The highest BCUT2D eigenvalue weighted by molar-refractivity contribution is 6.32. The molecule has 3 rings (SSSR count). The van der Waals surface area contributed by atoms with Crippen molar-refractivity contribution in [2.75, 3.05) is 24.5 Å². The summed E-state index contributed by atoms with van der Waals surface area (Å²) >= 11 is 12.4. The smallest absolute Gasteiger partial charge is 0.0509 e. The molecule has 1 aromatic rings. The molecule has 0 bridgehead atoms. The minimum absolute atomic E-state index is 0.479. The summed E-state index contributed by atoms with van der Waals surface area (Å²) in [5.74, 6) is 0.479. The van der Waals surface area contributed by atoms with Crippen molar-refractivity contribution < 1.29 is 0 Å². The molecule has 2 heterocycles. The monoisotopic (exact) mass is 298 g/mol. The highest BCUT2D eigenvalue weighted by Gasteiger charge is 2.35. The van der Waals surface area contributed by atoms with Crippen molar-refractivity contribution in [1.29, 1.82) is 0 Å². The van der Waals surface area contributed by atoms with Crippen LogP contribution in [-0.4, -0.2) is 36.6 Å². The van der Waals surface area contributed by atoms with E-state index in [1.807, 2.05) is 12.1 Å². The van der Waals surface area contributed by atoms with Crippen LogP contribution in [0.4, 0.5) is 5.69 Å². The quantitative estimate of drug-likeness (QED) is 0.767. The van der Waals surface area contributed by atoms with Crippen molar-refractivity contribution >= 4 is 28.9 Å². The molecule has 2 fully saturated rings. The molecular weight excluding hydrogens is 279 g/mol. The molecule has 2 atom stereocenters. The van der Waals surface area contributed by atoms with Gasteiger partial charge in [0, 0.05) is 41.4 Å². The highest BCUT2D eigenvalue weighted by atomic mass is 35.5. The summed E-state index contributed by atoms with van der Waals surface area (Å²) in [6.07, 6.45) is 2.66. The summed E-state index contributed by atoms with van der Waals surface area (Å²) in [6, 6.07) is 7.35. The zero-order valence-corrected chi connectivity index (χ0v) is 12.8. The second-order valence-electron chi connectivity index (χ2n) is 5.66. The lowest BCUT2D eigenvalue weighted by Gasteiger charge is -2.44. The zero-order chi connectivity index (χ0) is 13.4. The van der Waals surface area contributed by atoms with E-state index in [1.54, 1.807) is 0 Å². The van der Waals surface area contributed by atoms with Crippen LogP contribution in [0.15, 0.2) is 18.2 Å². The van der Waals surface area contributed by atoms with Crippen LogP contribution in [0.5, 0.6) is 0 Å². The first-order valence-corrected chi connectivity index (χ1v) is 7.96. The summed E-state index contributed by atoms with van der Waals surface area (Å²) in [5.41, 5.74) is 2.30. The Kier molecular flexibility index (Phi) is 3.93. The van der Waals surface area contributed by atoms with Gasteiger partial charge in [-0.05, 0) is 38.4 Å². The maximum absolute atomic E-state index is 6.29. The maximum Gasteiger partial charge on any atom is 0.0509 e. The van der Waals surface area contributed by atoms with E-state index in [0.29, 0.717) is 18.0 Å². The summed E-state index contributed by atoms with van der Waals surface area (Å²) in [5, 5.41) is 0.786. The van der Waals surface area contributed by atoms with Crippen LogP contribution in [0.25, 0.3) is 0 Å². The molecule has 0 spiro atoms. The summed E-state index contributed by atoms with van der Waals surface area (Å²) < 4.78 is 0. The Bertz CT molecular complexity index is 463. The van der Waals surface area contributed by atoms with E-state index >= 15 is 0 Å². The Morgan fingerprint density at radius 2 is 2.16 bits per heavy atom. The molecule has 104 valence electrons. The van der Waals surface area contributed by atoms with Crippen LogP contribution in [0.3, 0.4) is 0 Å². The Hall–Kier alpha value is -0.440. The largest absolute Gasteiger partial charge is 0.366 e. The van der Waals surface area contributed by atoms with Crippen LogP contribution in [0.1, 0.15) is 25.3 Å². The molecule has 2 aliphatic heterocycles. The van der Waals surface area contributed by atoms with Crippen LogP contribution in [0, 0.1) is 0 Å². The van der Waals surface area contributed by atoms with E-state index in [1.165, 1.54) is 25.1 Å². The zero-order valence-electron chi connectivity index (χ0n) is 11.3. The maximum atomic E-state index is 6.29. The van der Waals surface area contributed by atoms with Gasteiger partial charge in [0.2, 0.25) is 0 Å². The lowest BCUT2D eigenvalue weighted by atomic mass is 10.0. The molecule has 0 N–H and O–H groups in total. The van der Waals surface area contributed by atoms with Gasteiger partial charge in [0.05, 0.1) is 5.88 Å². The van der Waals surface area contributed by atoms with E-state index in [-0.39, 0.29) is 0 Å². The fourth-order valence-corrected chi connectivity index (χ4v) is 4.06. The van der Waals surface area contributed by atoms with Gasteiger partial charge in [-0.3, -0.25) is 4.90 Å². The standard InChI is InChI=1S/C15H20Cl2N2/c1-11-9-18-7-3-4-12(18)10-19(11)15-6-2-5-14(17)13(15)8-16/h2,5-6,11-12H,3-4,7-10H2,1H3. The SMILES string of the molecule is CC1CN2CCCC2CN1c1cccc(Cl)c1CCl. The number of benzene rings is 1. The van der Waals surface area contributed by atoms with Crippen LogP contribution < -0.4 is 4.90 Å². The van der Waals surface area contributed by atoms with Gasteiger partial charge in [-0.2, -0.15) is 0 Å². The molecule has 0 radical (unpaired) electrons. The predicted octanol–water partition coefficient (Wildman–Crippen LogP) is 3.75. The first-order chi connectivity index (χ1) is 9.20. The van der Waals surface area contributed by atoms with Crippen molar-refractivity contribution in [2.45, 2.75) is 37.7 Å². The van der Waals surface area contributed by atoms with Gasteiger partial charge < -0.3 is 4.90 Å². The van der Waals surface area contributed by atoms with E-state index in [9.17, 15) is 0 Å². The average Bonchev–Trinajstić information content (AvgIpc) is 2.84. The number of rotatable bonds is 2. The lowest BCUT2D eigenvalue weighted by molar-refractivity contribution is 0.203. The fraction of sp³-hybridized carbons (Fsp3) is 0.600. The van der Waals surface area contributed by atoms with Gasteiger partial charge in [-0.1, -0.05) is 17.7 Å². The summed E-state index contributed by atoms with van der Waals surface area (Å²) in [6.45, 7) is 5.82. The molecule has 2 saturated heterocycles. The Labute approximate surface area is 125 Å². The van der Waals surface area contributed by atoms with Crippen LogP contribution >= 0.6 is 23.2 Å². The van der Waals surface area contributed by atoms with Gasteiger partial charge in [0.15, 0.2) is 0 Å². The van der Waals surface area contributed by atoms with Gasteiger partial charge >= 0.3 is 0 Å². The topological polar surface area (TPSA) is 6.48 Å². The van der Waals surface area contributed by atoms with Gasteiger partial charge in [-0.15, -0.1) is 11.6 Å². The molecule has 0 saturated carbocycles. The average molecular weight is 299 g/mol. The third kappa shape index (κ3) is 2.46. The predicted molar refractivity (Wildman–Crippen MR) is 82.4 cm³/mol.